The van der Waals surface area contributed by atoms with Crippen LogP contribution in [0.5, 0.6) is 0 Å². The Labute approximate surface area is 151 Å². The summed E-state index contributed by atoms with van der Waals surface area (Å²) in [6.45, 7) is 10.1. The van der Waals surface area contributed by atoms with E-state index in [0.29, 0.717) is 23.7 Å². The van der Waals surface area contributed by atoms with Crippen LogP contribution in [0.4, 0.5) is 5.69 Å². The highest BCUT2D eigenvalue weighted by Crippen LogP contribution is 2.47. The van der Waals surface area contributed by atoms with Gasteiger partial charge in [0.25, 0.3) is 0 Å². The molecule has 3 atom stereocenters. The van der Waals surface area contributed by atoms with Crippen molar-refractivity contribution in [2.75, 3.05) is 11.4 Å². The molecule has 1 heterocycles. The minimum atomic E-state index is 0.0346. The monoisotopic (exact) mass is 341 g/mol. The standard InChI is InChI=1S/C22H28ClN/c1-15(2)19(17-10-6-5-7-11-17)14-24-20-13-9-8-12-18(20)21(16(3)4)22(24)23/h5-13,15-16,19,21-22H,14H2,1-4H3. The van der Waals surface area contributed by atoms with E-state index >= 15 is 0 Å². The van der Waals surface area contributed by atoms with E-state index in [-0.39, 0.29) is 5.50 Å². The summed E-state index contributed by atoms with van der Waals surface area (Å²) >= 11 is 6.97. The highest BCUT2D eigenvalue weighted by atomic mass is 35.5. The fourth-order valence-corrected chi connectivity index (χ4v) is 4.61. The summed E-state index contributed by atoms with van der Waals surface area (Å²) in [6.07, 6.45) is 0. The fourth-order valence-electron chi connectivity index (χ4n) is 3.99. The second-order valence-corrected chi connectivity index (χ2v) is 8.06. The zero-order chi connectivity index (χ0) is 17.3. The number of anilines is 1. The van der Waals surface area contributed by atoms with Crippen LogP contribution in [0, 0.1) is 11.8 Å². The van der Waals surface area contributed by atoms with Gasteiger partial charge in [-0.15, -0.1) is 0 Å². The normalized spacial score (nSPS) is 21.4. The first-order chi connectivity index (χ1) is 11.5. The van der Waals surface area contributed by atoms with Gasteiger partial charge in [0.2, 0.25) is 0 Å². The lowest BCUT2D eigenvalue weighted by Gasteiger charge is -2.32. The van der Waals surface area contributed by atoms with E-state index in [9.17, 15) is 0 Å². The Morgan fingerprint density at radius 3 is 2.17 bits per heavy atom. The molecule has 0 saturated carbocycles. The quantitative estimate of drug-likeness (QED) is 0.459. The number of alkyl halides is 1. The van der Waals surface area contributed by atoms with Crippen LogP contribution >= 0.6 is 11.6 Å². The SMILES string of the molecule is CC(C)C(CN1c2ccccc2C(C(C)C)C1Cl)c1ccccc1. The lowest BCUT2D eigenvalue weighted by molar-refractivity contribution is 0.452. The highest BCUT2D eigenvalue weighted by Gasteiger charge is 2.39. The average Bonchev–Trinajstić information content (AvgIpc) is 2.84. The third-order valence-corrected chi connectivity index (χ3v) is 5.85. The van der Waals surface area contributed by atoms with Crippen LogP contribution in [0.3, 0.4) is 0 Å². The first-order valence-electron chi connectivity index (χ1n) is 9.05. The molecule has 0 aromatic heterocycles. The molecule has 0 spiro atoms. The van der Waals surface area contributed by atoms with Crippen molar-refractivity contribution in [2.45, 2.75) is 45.0 Å². The minimum absolute atomic E-state index is 0.0346. The van der Waals surface area contributed by atoms with Crippen molar-refractivity contribution in [1.29, 1.82) is 0 Å². The number of para-hydroxylation sites is 1. The van der Waals surface area contributed by atoms with Gasteiger partial charge in [0.1, 0.15) is 5.50 Å². The second kappa shape index (κ2) is 7.19. The van der Waals surface area contributed by atoms with Crippen molar-refractivity contribution < 1.29 is 0 Å². The molecule has 128 valence electrons. The Kier molecular flexibility index (Phi) is 5.20. The molecule has 3 unspecified atom stereocenters. The van der Waals surface area contributed by atoms with Gasteiger partial charge in [-0.1, -0.05) is 87.8 Å². The van der Waals surface area contributed by atoms with E-state index in [1.807, 2.05) is 0 Å². The smallest absolute Gasteiger partial charge is 0.111 e. The highest BCUT2D eigenvalue weighted by molar-refractivity contribution is 6.23. The third-order valence-electron chi connectivity index (χ3n) is 5.34. The van der Waals surface area contributed by atoms with Gasteiger partial charge in [-0.05, 0) is 29.0 Å². The summed E-state index contributed by atoms with van der Waals surface area (Å²) in [7, 11) is 0. The van der Waals surface area contributed by atoms with Crippen molar-refractivity contribution >= 4 is 17.3 Å². The van der Waals surface area contributed by atoms with Gasteiger partial charge in [-0.2, -0.15) is 0 Å². The Balaban J connectivity index is 1.94. The maximum atomic E-state index is 6.97. The predicted octanol–water partition coefficient (Wildman–Crippen LogP) is 6.25. The first kappa shape index (κ1) is 17.4. The number of halogens is 1. The number of rotatable bonds is 5. The summed E-state index contributed by atoms with van der Waals surface area (Å²) in [5.41, 5.74) is 4.16. The molecular weight excluding hydrogens is 314 g/mol. The van der Waals surface area contributed by atoms with Crippen LogP contribution in [0.1, 0.15) is 50.7 Å². The largest absolute Gasteiger partial charge is 0.354 e. The molecule has 0 amide bonds. The molecule has 0 fully saturated rings. The van der Waals surface area contributed by atoms with Crippen molar-refractivity contribution in [2.24, 2.45) is 11.8 Å². The van der Waals surface area contributed by atoms with Crippen molar-refractivity contribution in [3.63, 3.8) is 0 Å². The third kappa shape index (κ3) is 3.19. The number of fused-ring (bicyclic) bond motifs is 1. The molecule has 0 N–H and O–H groups in total. The molecule has 0 aliphatic carbocycles. The van der Waals surface area contributed by atoms with E-state index in [2.05, 4.69) is 87.2 Å². The lowest BCUT2D eigenvalue weighted by Crippen LogP contribution is -2.36. The molecule has 1 aliphatic rings. The maximum Gasteiger partial charge on any atom is 0.111 e. The van der Waals surface area contributed by atoms with Crippen molar-refractivity contribution in [3.8, 4) is 0 Å². The van der Waals surface area contributed by atoms with Crippen molar-refractivity contribution in [1.82, 2.24) is 0 Å². The molecular formula is C22H28ClN. The predicted molar refractivity (Wildman–Crippen MR) is 105 cm³/mol. The topological polar surface area (TPSA) is 3.24 Å². The molecule has 1 aliphatic heterocycles. The van der Waals surface area contributed by atoms with E-state index in [4.69, 9.17) is 11.6 Å². The molecule has 24 heavy (non-hydrogen) atoms. The van der Waals surface area contributed by atoms with Gasteiger partial charge in [-0.25, -0.2) is 0 Å². The van der Waals surface area contributed by atoms with Crippen LogP contribution in [-0.4, -0.2) is 12.0 Å². The lowest BCUT2D eigenvalue weighted by atomic mass is 9.88. The average molecular weight is 342 g/mol. The van der Waals surface area contributed by atoms with Crippen molar-refractivity contribution in [3.05, 3.63) is 65.7 Å². The Morgan fingerprint density at radius 1 is 0.917 bits per heavy atom. The number of benzene rings is 2. The van der Waals surface area contributed by atoms with Gasteiger partial charge in [0, 0.05) is 24.1 Å². The summed E-state index contributed by atoms with van der Waals surface area (Å²) < 4.78 is 0. The van der Waals surface area contributed by atoms with E-state index in [0.717, 1.165) is 6.54 Å². The van der Waals surface area contributed by atoms with Gasteiger partial charge in [-0.3, -0.25) is 0 Å². The molecule has 1 nitrogen and oxygen atoms in total. The van der Waals surface area contributed by atoms with Crippen LogP contribution in [0.25, 0.3) is 0 Å². The molecule has 0 saturated heterocycles. The second-order valence-electron chi connectivity index (χ2n) is 7.61. The Hall–Kier alpha value is -1.47. The molecule has 0 bridgehead atoms. The fraction of sp³-hybridized carbons (Fsp3) is 0.455. The zero-order valence-corrected chi connectivity index (χ0v) is 15.9. The van der Waals surface area contributed by atoms with E-state index in [1.54, 1.807) is 0 Å². The Bertz CT molecular complexity index is 665. The van der Waals surface area contributed by atoms with Crippen LogP contribution < -0.4 is 4.90 Å². The molecule has 2 aromatic carbocycles. The molecule has 2 aromatic rings. The van der Waals surface area contributed by atoms with Gasteiger partial charge >= 0.3 is 0 Å². The number of nitrogens with zero attached hydrogens (tertiary/aromatic N) is 1. The summed E-state index contributed by atoms with van der Waals surface area (Å²) in [6, 6.07) is 19.6. The summed E-state index contributed by atoms with van der Waals surface area (Å²) in [5, 5.41) is 0. The number of hydrogen-bond acceptors (Lipinski definition) is 1. The van der Waals surface area contributed by atoms with Crippen LogP contribution in [0.15, 0.2) is 54.6 Å². The van der Waals surface area contributed by atoms with Crippen LogP contribution in [-0.2, 0) is 0 Å². The summed E-state index contributed by atoms with van der Waals surface area (Å²) in [4.78, 5) is 2.43. The minimum Gasteiger partial charge on any atom is -0.354 e. The number of hydrogen-bond donors (Lipinski definition) is 0. The first-order valence-corrected chi connectivity index (χ1v) is 9.49. The van der Waals surface area contributed by atoms with E-state index in [1.165, 1.54) is 16.8 Å². The Morgan fingerprint density at radius 2 is 1.54 bits per heavy atom. The van der Waals surface area contributed by atoms with Crippen LogP contribution in [0.2, 0.25) is 0 Å². The van der Waals surface area contributed by atoms with Gasteiger partial charge in [0.05, 0.1) is 0 Å². The molecule has 3 rings (SSSR count). The maximum absolute atomic E-state index is 6.97. The zero-order valence-electron chi connectivity index (χ0n) is 15.1. The molecule has 2 heteroatoms. The summed E-state index contributed by atoms with van der Waals surface area (Å²) in [5.74, 6) is 1.98. The molecule has 0 radical (unpaired) electrons. The van der Waals surface area contributed by atoms with E-state index < -0.39 is 0 Å². The van der Waals surface area contributed by atoms with Gasteiger partial charge in [0.15, 0.2) is 0 Å². The van der Waals surface area contributed by atoms with Gasteiger partial charge < -0.3 is 4.90 Å².